The van der Waals surface area contributed by atoms with E-state index in [4.69, 9.17) is 10.00 Å². The summed E-state index contributed by atoms with van der Waals surface area (Å²) < 4.78 is 5.76. The van der Waals surface area contributed by atoms with E-state index >= 15 is 0 Å². The van der Waals surface area contributed by atoms with Crippen molar-refractivity contribution in [3.05, 3.63) is 45.9 Å². The molecule has 1 aromatic carbocycles. The summed E-state index contributed by atoms with van der Waals surface area (Å²) in [6.07, 6.45) is -0.00109. The first-order valence-electron chi connectivity index (χ1n) is 7.24. The van der Waals surface area contributed by atoms with Gasteiger partial charge in [-0.25, -0.2) is 9.78 Å². The fourth-order valence-corrected chi connectivity index (χ4v) is 2.96. The number of hydrogen-bond acceptors (Lipinski definition) is 5. The second kappa shape index (κ2) is 6.67. The summed E-state index contributed by atoms with van der Waals surface area (Å²) in [5, 5.41) is 11.6. The zero-order valence-electron chi connectivity index (χ0n) is 12.7. The van der Waals surface area contributed by atoms with Crippen LogP contribution in [-0.4, -0.2) is 35.1 Å². The highest BCUT2D eigenvalue weighted by Gasteiger charge is 2.32. The Morgan fingerprint density at radius 3 is 2.83 bits per heavy atom. The summed E-state index contributed by atoms with van der Waals surface area (Å²) >= 11 is 1.54. The van der Waals surface area contributed by atoms with Crippen molar-refractivity contribution >= 4 is 17.4 Å². The van der Waals surface area contributed by atoms with Crippen molar-refractivity contribution in [1.29, 1.82) is 5.26 Å². The lowest BCUT2D eigenvalue weighted by molar-refractivity contribution is 0.0443. The third-order valence-corrected chi connectivity index (χ3v) is 4.60. The number of likely N-dealkylation sites (tertiary alicyclic amines) is 1. The molecule has 3 rings (SSSR count). The first-order valence-corrected chi connectivity index (χ1v) is 8.12. The third kappa shape index (κ3) is 3.60. The average Bonchev–Trinajstić information content (AvgIpc) is 2.94. The lowest BCUT2D eigenvalue weighted by Gasteiger charge is -2.38. The molecule has 6 nitrogen and oxygen atoms in total. The second-order valence-corrected chi connectivity index (χ2v) is 6.24. The van der Waals surface area contributed by atoms with Crippen LogP contribution in [0.25, 0.3) is 0 Å². The highest BCUT2D eigenvalue weighted by Crippen LogP contribution is 2.19. The third-order valence-electron chi connectivity index (χ3n) is 3.67. The van der Waals surface area contributed by atoms with Gasteiger partial charge in [0, 0.05) is 4.88 Å². The molecule has 1 saturated heterocycles. The van der Waals surface area contributed by atoms with Gasteiger partial charge in [-0.3, -0.25) is 0 Å². The number of thiazole rings is 1. The Morgan fingerprint density at radius 1 is 1.48 bits per heavy atom. The first-order chi connectivity index (χ1) is 11.2. The van der Waals surface area contributed by atoms with Gasteiger partial charge in [-0.15, -0.1) is 11.3 Å². The molecule has 0 saturated carbocycles. The number of rotatable bonds is 4. The molecular weight excluding hydrogens is 312 g/mol. The summed E-state index contributed by atoms with van der Waals surface area (Å²) in [7, 11) is 0. The maximum Gasteiger partial charge on any atom is 0.317 e. The molecule has 0 spiro atoms. The van der Waals surface area contributed by atoms with Crippen LogP contribution in [0.1, 0.15) is 16.1 Å². The van der Waals surface area contributed by atoms with Gasteiger partial charge < -0.3 is 15.0 Å². The molecule has 1 N–H and O–H groups in total. The predicted octanol–water partition coefficient (Wildman–Crippen LogP) is 2.30. The van der Waals surface area contributed by atoms with E-state index < -0.39 is 0 Å². The number of amides is 2. The molecule has 1 aromatic heterocycles. The highest BCUT2D eigenvalue weighted by atomic mass is 32.1. The molecule has 0 unspecified atom stereocenters. The van der Waals surface area contributed by atoms with Crippen LogP contribution >= 0.6 is 11.3 Å². The Labute approximate surface area is 138 Å². The van der Waals surface area contributed by atoms with E-state index in [-0.39, 0.29) is 12.1 Å². The summed E-state index contributed by atoms with van der Waals surface area (Å²) in [6.45, 7) is 3.57. The van der Waals surface area contributed by atoms with E-state index in [1.807, 2.05) is 6.92 Å². The molecule has 1 aliphatic heterocycles. The highest BCUT2D eigenvalue weighted by molar-refractivity contribution is 7.09. The van der Waals surface area contributed by atoms with E-state index in [0.717, 1.165) is 10.6 Å². The number of carbonyl (C=O) groups excluding carboxylic acids is 1. The van der Waals surface area contributed by atoms with Crippen molar-refractivity contribution in [3.8, 4) is 11.8 Å². The van der Waals surface area contributed by atoms with Crippen LogP contribution in [0.15, 0.2) is 29.8 Å². The summed E-state index contributed by atoms with van der Waals surface area (Å²) in [4.78, 5) is 19.0. The number of urea groups is 1. The van der Waals surface area contributed by atoms with Gasteiger partial charge >= 0.3 is 6.03 Å². The minimum Gasteiger partial charge on any atom is -0.487 e. The molecular formula is C16H16N4O2S. The summed E-state index contributed by atoms with van der Waals surface area (Å²) in [6, 6.07) is 8.96. The molecule has 0 bridgehead atoms. The van der Waals surface area contributed by atoms with Crippen LogP contribution in [0.3, 0.4) is 0 Å². The van der Waals surface area contributed by atoms with Crippen LogP contribution in [0, 0.1) is 18.3 Å². The van der Waals surface area contributed by atoms with Crippen molar-refractivity contribution in [2.45, 2.75) is 19.6 Å². The smallest absolute Gasteiger partial charge is 0.317 e. The fourth-order valence-electron chi connectivity index (χ4n) is 2.24. The maximum absolute atomic E-state index is 12.0. The number of aromatic nitrogens is 1. The molecule has 0 atom stereocenters. The zero-order valence-corrected chi connectivity index (χ0v) is 13.5. The SMILES string of the molecule is Cc1ncsc1CNC(=O)N1CC(Oc2ccc(C#N)cc2)C1. The van der Waals surface area contributed by atoms with Crippen LogP contribution < -0.4 is 10.1 Å². The van der Waals surface area contributed by atoms with E-state index in [1.165, 1.54) is 0 Å². The Hall–Kier alpha value is -2.59. The maximum atomic E-state index is 12.0. The zero-order chi connectivity index (χ0) is 16.2. The molecule has 2 amide bonds. The number of nitrogens with one attached hydrogen (secondary N) is 1. The number of ether oxygens (including phenoxy) is 1. The molecule has 118 valence electrons. The first kappa shape index (κ1) is 15.3. The predicted molar refractivity (Wildman–Crippen MR) is 86.2 cm³/mol. The number of aryl methyl sites for hydroxylation is 1. The van der Waals surface area contributed by atoms with Gasteiger partial charge in [0.25, 0.3) is 0 Å². The van der Waals surface area contributed by atoms with Crippen molar-refractivity contribution in [1.82, 2.24) is 15.2 Å². The number of nitriles is 1. The lowest BCUT2D eigenvalue weighted by Crippen LogP contribution is -2.58. The van der Waals surface area contributed by atoms with Crippen molar-refractivity contribution in [2.75, 3.05) is 13.1 Å². The van der Waals surface area contributed by atoms with Crippen LogP contribution in [0.5, 0.6) is 5.75 Å². The van der Waals surface area contributed by atoms with E-state index in [2.05, 4.69) is 16.4 Å². The Morgan fingerprint density at radius 2 is 2.22 bits per heavy atom. The molecule has 0 aliphatic carbocycles. The number of benzene rings is 1. The topological polar surface area (TPSA) is 78.2 Å². The van der Waals surface area contributed by atoms with Crippen LogP contribution in [0.2, 0.25) is 0 Å². The normalized spacial score (nSPS) is 14.0. The van der Waals surface area contributed by atoms with E-state index in [1.54, 1.807) is 46.0 Å². The van der Waals surface area contributed by atoms with Gasteiger partial charge in [0.05, 0.1) is 42.5 Å². The Kier molecular flexibility index (Phi) is 4.44. The summed E-state index contributed by atoms with van der Waals surface area (Å²) in [5.41, 5.74) is 3.34. The van der Waals surface area contributed by atoms with Gasteiger partial charge in [-0.2, -0.15) is 5.26 Å². The Bertz CT molecular complexity index is 729. The molecule has 0 radical (unpaired) electrons. The monoisotopic (exact) mass is 328 g/mol. The van der Waals surface area contributed by atoms with Crippen LogP contribution in [-0.2, 0) is 6.54 Å². The fraction of sp³-hybridized carbons (Fsp3) is 0.312. The average molecular weight is 328 g/mol. The Balaban J connectivity index is 1.42. The minimum absolute atomic E-state index is 0.00109. The summed E-state index contributed by atoms with van der Waals surface area (Å²) in [5.74, 6) is 0.717. The van der Waals surface area contributed by atoms with Gasteiger partial charge in [-0.05, 0) is 31.2 Å². The van der Waals surface area contributed by atoms with E-state index in [0.29, 0.717) is 30.9 Å². The molecule has 23 heavy (non-hydrogen) atoms. The molecule has 2 aromatic rings. The van der Waals surface area contributed by atoms with Gasteiger partial charge in [0.15, 0.2) is 0 Å². The van der Waals surface area contributed by atoms with Gasteiger partial charge in [0.1, 0.15) is 11.9 Å². The molecule has 7 heteroatoms. The number of nitrogens with zero attached hydrogens (tertiary/aromatic N) is 3. The molecule has 2 heterocycles. The molecule has 1 aliphatic rings. The van der Waals surface area contributed by atoms with Gasteiger partial charge in [0.2, 0.25) is 0 Å². The number of carbonyl (C=O) groups is 1. The van der Waals surface area contributed by atoms with Crippen molar-refractivity contribution in [3.63, 3.8) is 0 Å². The van der Waals surface area contributed by atoms with Gasteiger partial charge in [-0.1, -0.05) is 0 Å². The lowest BCUT2D eigenvalue weighted by atomic mass is 10.1. The molecule has 1 fully saturated rings. The van der Waals surface area contributed by atoms with Crippen molar-refractivity contribution < 1.29 is 9.53 Å². The van der Waals surface area contributed by atoms with Crippen LogP contribution in [0.4, 0.5) is 4.79 Å². The van der Waals surface area contributed by atoms with E-state index in [9.17, 15) is 4.79 Å². The largest absolute Gasteiger partial charge is 0.487 e. The minimum atomic E-state index is -0.0857. The second-order valence-electron chi connectivity index (χ2n) is 5.30. The quantitative estimate of drug-likeness (QED) is 0.934. The number of hydrogen-bond donors (Lipinski definition) is 1. The standard InChI is InChI=1S/C16H16N4O2S/c1-11-15(23-10-19-11)7-18-16(21)20-8-14(9-20)22-13-4-2-12(6-17)3-5-13/h2-5,10,14H,7-9H2,1H3,(H,18,21). The van der Waals surface area contributed by atoms with Crippen molar-refractivity contribution in [2.24, 2.45) is 0 Å².